The first-order chi connectivity index (χ1) is 9.33. The summed E-state index contributed by atoms with van der Waals surface area (Å²) in [7, 11) is 0. The molecule has 19 heavy (non-hydrogen) atoms. The number of nitrogens with one attached hydrogen (secondary N) is 2. The van der Waals surface area contributed by atoms with E-state index in [0.717, 1.165) is 28.6 Å². The van der Waals surface area contributed by atoms with Crippen molar-refractivity contribution in [3.05, 3.63) is 29.3 Å². The minimum atomic E-state index is -0.0274. The van der Waals surface area contributed by atoms with Crippen LogP contribution >= 0.6 is 23.1 Å². The summed E-state index contributed by atoms with van der Waals surface area (Å²) < 4.78 is 1.21. The number of hydrogen-bond acceptors (Lipinski definition) is 5. The van der Waals surface area contributed by atoms with Crippen molar-refractivity contribution >= 4 is 39.2 Å². The molecule has 1 unspecified atom stereocenters. The number of fused-ring (bicyclic) bond motifs is 1. The molecule has 1 saturated heterocycles. The average molecular weight is 293 g/mol. The average Bonchev–Trinajstić information content (AvgIpc) is 3.07. The van der Waals surface area contributed by atoms with Gasteiger partial charge in [-0.3, -0.25) is 10.1 Å². The molecule has 0 saturated carbocycles. The first-order valence-electron chi connectivity index (χ1n) is 6.26. The summed E-state index contributed by atoms with van der Waals surface area (Å²) in [6.45, 7) is 0.654. The number of nitrogens with zero attached hydrogens (tertiary/aromatic N) is 1. The molecule has 1 aliphatic rings. The molecule has 100 valence electrons. The minimum absolute atomic E-state index is 0.0274. The van der Waals surface area contributed by atoms with E-state index in [0.29, 0.717) is 6.54 Å². The highest BCUT2D eigenvalue weighted by molar-refractivity contribution is 7.99. The number of aromatic nitrogens is 1. The van der Waals surface area contributed by atoms with Gasteiger partial charge in [0.05, 0.1) is 21.3 Å². The van der Waals surface area contributed by atoms with Gasteiger partial charge in [0, 0.05) is 24.6 Å². The number of thioether (sulfide) groups is 1. The maximum atomic E-state index is 11.8. The van der Waals surface area contributed by atoms with Gasteiger partial charge >= 0.3 is 0 Å². The zero-order valence-electron chi connectivity index (χ0n) is 10.4. The van der Waals surface area contributed by atoms with E-state index in [4.69, 9.17) is 0 Å². The van der Waals surface area contributed by atoms with Crippen molar-refractivity contribution in [1.82, 2.24) is 15.6 Å². The maximum Gasteiger partial charge on any atom is 0.238 e. The van der Waals surface area contributed by atoms with Crippen LogP contribution in [0.25, 0.3) is 10.2 Å². The number of carbonyl (C=O) groups is 1. The SMILES string of the molecule is O=C(NCCc1nc2ccccc2s1)C1CSCN1. The monoisotopic (exact) mass is 293 g/mol. The summed E-state index contributed by atoms with van der Waals surface area (Å²) in [5.74, 6) is 1.84. The molecule has 6 heteroatoms. The fourth-order valence-corrected chi connectivity index (χ4v) is 3.91. The second kappa shape index (κ2) is 5.90. The van der Waals surface area contributed by atoms with Crippen molar-refractivity contribution in [3.8, 4) is 0 Å². The van der Waals surface area contributed by atoms with Gasteiger partial charge in [-0.2, -0.15) is 0 Å². The van der Waals surface area contributed by atoms with E-state index in [1.54, 1.807) is 23.1 Å². The van der Waals surface area contributed by atoms with Gasteiger partial charge in [-0.25, -0.2) is 4.98 Å². The molecule has 4 nitrogen and oxygen atoms in total. The Morgan fingerprint density at radius 1 is 1.47 bits per heavy atom. The number of hydrogen-bond donors (Lipinski definition) is 2. The van der Waals surface area contributed by atoms with E-state index in [1.165, 1.54) is 4.70 Å². The molecule has 2 heterocycles. The Bertz CT molecular complexity index is 545. The third kappa shape index (κ3) is 3.08. The summed E-state index contributed by atoms with van der Waals surface area (Å²) in [5.41, 5.74) is 1.04. The van der Waals surface area contributed by atoms with Crippen LogP contribution in [0.2, 0.25) is 0 Å². The standard InChI is InChI=1S/C13H15N3OS2/c17-13(10-7-18-8-15-10)14-6-5-12-16-9-3-1-2-4-11(9)19-12/h1-4,10,15H,5-8H2,(H,14,17). The fraction of sp³-hybridized carbons (Fsp3) is 0.385. The maximum absolute atomic E-state index is 11.8. The Balaban J connectivity index is 1.53. The topological polar surface area (TPSA) is 54.0 Å². The lowest BCUT2D eigenvalue weighted by atomic mass is 10.3. The minimum Gasteiger partial charge on any atom is -0.354 e. The Morgan fingerprint density at radius 3 is 3.16 bits per heavy atom. The van der Waals surface area contributed by atoms with Gasteiger partial charge in [-0.05, 0) is 12.1 Å². The van der Waals surface area contributed by atoms with Crippen LogP contribution in [0.3, 0.4) is 0 Å². The van der Waals surface area contributed by atoms with Crippen LogP contribution in [-0.2, 0) is 11.2 Å². The predicted molar refractivity (Wildman–Crippen MR) is 80.6 cm³/mol. The molecule has 2 N–H and O–H groups in total. The fourth-order valence-electron chi connectivity index (χ4n) is 2.01. The molecule has 1 atom stereocenters. The van der Waals surface area contributed by atoms with E-state index in [9.17, 15) is 4.79 Å². The highest BCUT2D eigenvalue weighted by Gasteiger charge is 2.21. The molecule has 0 aliphatic carbocycles. The third-order valence-corrected chi connectivity index (χ3v) is 5.05. The number of para-hydroxylation sites is 1. The first-order valence-corrected chi connectivity index (χ1v) is 8.23. The lowest BCUT2D eigenvalue weighted by molar-refractivity contribution is -0.122. The molecule has 1 fully saturated rings. The molecule has 0 spiro atoms. The van der Waals surface area contributed by atoms with Gasteiger partial charge in [-0.1, -0.05) is 12.1 Å². The summed E-state index contributed by atoms with van der Waals surface area (Å²) >= 11 is 3.46. The zero-order valence-corrected chi connectivity index (χ0v) is 12.0. The molecular formula is C13H15N3OS2. The Morgan fingerprint density at radius 2 is 2.37 bits per heavy atom. The van der Waals surface area contributed by atoms with Gasteiger partial charge in [0.1, 0.15) is 0 Å². The van der Waals surface area contributed by atoms with Crippen molar-refractivity contribution in [2.75, 3.05) is 18.2 Å². The molecule has 2 aromatic rings. The van der Waals surface area contributed by atoms with E-state index in [-0.39, 0.29) is 11.9 Å². The largest absolute Gasteiger partial charge is 0.354 e. The van der Waals surface area contributed by atoms with E-state index in [2.05, 4.69) is 21.7 Å². The van der Waals surface area contributed by atoms with Crippen LogP contribution < -0.4 is 10.6 Å². The summed E-state index contributed by atoms with van der Waals surface area (Å²) in [5, 5.41) is 7.21. The summed E-state index contributed by atoms with van der Waals surface area (Å²) in [4.78, 5) is 16.4. The summed E-state index contributed by atoms with van der Waals surface area (Å²) in [6.07, 6.45) is 0.797. The molecule has 3 rings (SSSR count). The Hall–Kier alpha value is -1.11. The highest BCUT2D eigenvalue weighted by Crippen LogP contribution is 2.21. The molecule has 1 amide bonds. The van der Waals surface area contributed by atoms with Crippen molar-refractivity contribution in [3.63, 3.8) is 0 Å². The number of rotatable bonds is 4. The predicted octanol–water partition coefficient (Wildman–Crippen LogP) is 1.62. The number of carbonyl (C=O) groups excluding carboxylic acids is 1. The van der Waals surface area contributed by atoms with Gasteiger partial charge in [-0.15, -0.1) is 23.1 Å². The van der Waals surface area contributed by atoms with Crippen LogP contribution in [0.5, 0.6) is 0 Å². The van der Waals surface area contributed by atoms with E-state index >= 15 is 0 Å². The van der Waals surface area contributed by atoms with Crippen molar-refractivity contribution in [1.29, 1.82) is 0 Å². The highest BCUT2D eigenvalue weighted by atomic mass is 32.2. The zero-order chi connectivity index (χ0) is 13.1. The van der Waals surface area contributed by atoms with Crippen molar-refractivity contribution in [2.24, 2.45) is 0 Å². The molecule has 1 aromatic heterocycles. The lowest BCUT2D eigenvalue weighted by Crippen LogP contribution is -2.42. The van der Waals surface area contributed by atoms with Gasteiger partial charge < -0.3 is 5.32 Å². The van der Waals surface area contributed by atoms with Crippen LogP contribution in [0.4, 0.5) is 0 Å². The van der Waals surface area contributed by atoms with Gasteiger partial charge in [0.25, 0.3) is 0 Å². The van der Waals surface area contributed by atoms with E-state index in [1.807, 2.05) is 18.2 Å². The number of benzene rings is 1. The molecule has 1 aromatic carbocycles. The van der Waals surface area contributed by atoms with Crippen LogP contribution in [0, 0.1) is 0 Å². The van der Waals surface area contributed by atoms with Crippen molar-refractivity contribution in [2.45, 2.75) is 12.5 Å². The Labute approximate surface area is 120 Å². The normalized spacial score (nSPS) is 18.8. The number of thiazole rings is 1. The molecule has 0 bridgehead atoms. The second-order valence-corrected chi connectivity index (χ2v) is 6.53. The lowest BCUT2D eigenvalue weighted by Gasteiger charge is -2.09. The Kier molecular flexibility index (Phi) is 4.00. The van der Waals surface area contributed by atoms with Crippen molar-refractivity contribution < 1.29 is 4.79 Å². The molecule has 0 radical (unpaired) electrons. The van der Waals surface area contributed by atoms with Gasteiger partial charge in [0.15, 0.2) is 0 Å². The van der Waals surface area contributed by atoms with Crippen LogP contribution in [0.15, 0.2) is 24.3 Å². The molecular weight excluding hydrogens is 278 g/mol. The third-order valence-electron chi connectivity index (χ3n) is 3.01. The number of amides is 1. The smallest absolute Gasteiger partial charge is 0.238 e. The second-order valence-electron chi connectivity index (χ2n) is 4.39. The molecule has 1 aliphatic heterocycles. The summed E-state index contributed by atoms with van der Waals surface area (Å²) in [6, 6.07) is 8.09. The quantitative estimate of drug-likeness (QED) is 0.899. The van der Waals surface area contributed by atoms with E-state index < -0.39 is 0 Å². The van der Waals surface area contributed by atoms with Crippen LogP contribution in [-0.4, -0.2) is 35.1 Å². The van der Waals surface area contributed by atoms with Gasteiger partial charge in [0.2, 0.25) is 5.91 Å². The van der Waals surface area contributed by atoms with Crippen LogP contribution in [0.1, 0.15) is 5.01 Å². The first kappa shape index (κ1) is 12.9.